The second-order valence-corrected chi connectivity index (χ2v) is 7.50. The Bertz CT molecular complexity index is 519. The third-order valence-corrected chi connectivity index (χ3v) is 5.75. The van der Waals surface area contributed by atoms with Crippen molar-refractivity contribution in [1.82, 2.24) is 20.0 Å². The maximum atomic E-state index is 11.7. The van der Waals surface area contributed by atoms with Crippen LogP contribution in [0.1, 0.15) is 74.3 Å². The number of piperidine rings is 1. The van der Waals surface area contributed by atoms with Crippen LogP contribution in [0, 0.1) is 5.92 Å². The molecule has 3 rings (SSSR count). The normalized spacial score (nSPS) is 23.8. The van der Waals surface area contributed by atoms with Gasteiger partial charge in [0.1, 0.15) is 5.69 Å². The number of hydrogen-bond acceptors (Lipinski definition) is 3. The molecular formula is C19H32N4O. The van der Waals surface area contributed by atoms with Gasteiger partial charge >= 0.3 is 0 Å². The summed E-state index contributed by atoms with van der Waals surface area (Å²) in [4.78, 5) is 14.3. The minimum atomic E-state index is -0.102. The fraction of sp³-hybridized carbons (Fsp3) is 0.789. The van der Waals surface area contributed by atoms with Crippen LogP contribution >= 0.6 is 0 Å². The van der Waals surface area contributed by atoms with Crippen LogP contribution < -0.4 is 5.32 Å². The first kappa shape index (κ1) is 17.5. The van der Waals surface area contributed by atoms with Crippen molar-refractivity contribution in [3.63, 3.8) is 0 Å². The molecule has 1 aliphatic carbocycles. The summed E-state index contributed by atoms with van der Waals surface area (Å²) >= 11 is 0. The van der Waals surface area contributed by atoms with E-state index < -0.39 is 0 Å². The molecular weight excluding hydrogens is 300 g/mol. The van der Waals surface area contributed by atoms with Gasteiger partial charge < -0.3 is 10.2 Å². The monoisotopic (exact) mass is 332 g/mol. The Balaban J connectivity index is 1.50. The molecule has 1 aromatic rings. The smallest absolute Gasteiger partial charge is 0.271 e. The van der Waals surface area contributed by atoms with Gasteiger partial charge in [-0.2, -0.15) is 5.10 Å². The molecule has 0 aromatic carbocycles. The van der Waals surface area contributed by atoms with Gasteiger partial charge in [0, 0.05) is 19.8 Å². The molecule has 1 amide bonds. The molecule has 2 aliphatic rings. The summed E-state index contributed by atoms with van der Waals surface area (Å²) in [6.45, 7) is 3.51. The van der Waals surface area contributed by atoms with Gasteiger partial charge in [0.25, 0.3) is 5.91 Å². The number of carbonyl (C=O) groups excluding carboxylic acids is 1. The molecule has 1 saturated carbocycles. The van der Waals surface area contributed by atoms with Gasteiger partial charge in [-0.15, -0.1) is 0 Å². The van der Waals surface area contributed by atoms with Crippen LogP contribution in [0.3, 0.4) is 0 Å². The van der Waals surface area contributed by atoms with Crippen molar-refractivity contribution in [1.29, 1.82) is 0 Å². The lowest BCUT2D eigenvalue weighted by Crippen LogP contribution is -2.38. The standard InChI is InChI=1S/C19H32N4O/c1-20-19(24)18-11-14-23(21-18)17-9-6-12-22(15-17)13-10-16-7-4-2-3-5-8-16/h11,14,16-17H,2-10,12-13,15H2,1H3,(H,20,24). The van der Waals surface area contributed by atoms with E-state index in [4.69, 9.17) is 0 Å². The number of nitrogens with one attached hydrogen (secondary N) is 1. The third kappa shape index (κ3) is 4.59. The van der Waals surface area contributed by atoms with Crippen molar-refractivity contribution in [2.45, 2.75) is 63.8 Å². The Labute approximate surface area is 145 Å². The van der Waals surface area contributed by atoms with Gasteiger partial charge in [-0.05, 0) is 44.3 Å². The number of nitrogens with zero attached hydrogens (tertiary/aromatic N) is 3. The Morgan fingerprint density at radius 1 is 1.21 bits per heavy atom. The van der Waals surface area contributed by atoms with E-state index in [0.29, 0.717) is 11.7 Å². The first-order chi connectivity index (χ1) is 11.8. The molecule has 2 heterocycles. The van der Waals surface area contributed by atoms with Crippen LogP contribution in [-0.4, -0.2) is 47.3 Å². The average molecular weight is 332 g/mol. The van der Waals surface area contributed by atoms with E-state index in [0.717, 1.165) is 18.9 Å². The Hall–Kier alpha value is -1.36. The molecule has 24 heavy (non-hydrogen) atoms. The topological polar surface area (TPSA) is 50.2 Å². The first-order valence-electron chi connectivity index (χ1n) is 9.76. The van der Waals surface area contributed by atoms with Crippen molar-refractivity contribution in [3.05, 3.63) is 18.0 Å². The van der Waals surface area contributed by atoms with E-state index in [9.17, 15) is 4.79 Å². The summed E-state index contributed by atoms with van der Waals surface area (Å²) in [5.41, 5.74) is 0.521. The van der Waals surface area contributed by atoms with Gasteiger partial charge in [0.15, 0.2) is 0 Å². The second-order valence-electron chi connectivity index (χ2n) is 7.50. The predicted molar refractivity (Wildman–Crippen MR) is 96.1 cm³/mol. The molecule has 2 fully saturated rings. The van der Waals surface area contributed by atoms with Crippen LogP contribution in [0.5, 0.6) is 0 Å². The van der Waals surface area contributed by atoms with Crippen molar-refractivity contribution in [2.75, 3.05) is 26.7 Å². The van der Waals surface area contributed by atoms with Crippen molar-refractivity contribution < 1.29 is 4.79 Å². The minimum Gasteiger partial charge on any atom is -0.354 e. The zero-order chi connectivity index (χ0) is 16.8. The van der Waals surface area contributed by atoms with Crippen molar-refractivity contribution >= 4 is 5.91 Å². The number of rotatable bonds is 5. The Morgan fingerprint density at radius 3 is 2.75 bits per heavy atom. The van der Waals surface area contributed by atoms with E-state index in [1.54, 1.807) is 7.05 Å². The summed E-state index contributed by atoms with van der Waals surface area (Å²) in [6, 6.07) is 2.23. The van der Waals surface area contributed by atoms with E-state index in [2.05, 4.69) is 15.3 Å². The van der Waals surface area contributed by atoms with Gasteiger partial charge in [-0.25, -0.2) is 0 Å². The summed E-state index contributed by atoms with van der Waals surface area (Å²) in [7, 11) is 1.65. The van der Waals surface area contributed by atoms with Gasteiger partial charge in [0.2, 0.25) is 0 Å². The van der Waals surface area contributed by atoms with Crippen molar-refractivity contribution in [2.24, 2.45) is 5.92 Å². The molecule has 5 heteroatoms. The molecule has 134 valence electrons. The number of carbonyl (C=O) groups is 1. The quantitative estimate of drug-likeness (QED) is 0.842. The van der Waals surface area contributed by atoms with E-state index >= 15 is 0 Å². The largest absolute Gasteiger partial charge is 0.354 e. The maximum absolute atomic E-state index is 11.7. The SMILES string of the molecule is CNC(=O)c1ccn(C2CCCN(CCC3CCCCCC3)C2)n1. The molecule has 0 radical (unpaired) electrons. The molecule has 0 spiro atoms. The average Bonchev–Trinajstić information content (AvgIpc) is 2.97. The van der Waals surface area contributed by atoms with Gasteiger partial charge in [-0.1, -0.05) is 38.5 Å². The van der Waals surface area contributed by atoms with Gasteiger partial charge in [-0.3, -0.25) is 9.48 Å². The summed E-state index contributed by atoms with van der Waals surface area (Å²) < 4.78 is 2.00. The van der Waals surface area contributed by atoms with Crippen LogP contribution in [0.4, 0.5) is 0 Å². The summed E-state index contributed by atoms with van der Waals surface area (Å²) in [5, 5.41) is 7.12. The summed E-state index contributed by atoms with van der Waals surface area (Å²) in [6.07, 6.45) is 14.3. The minimum absolute atomic E-state index is 0.102. The summed E-state index contributed by atoms with van der Waals surface area (Å²) in [5.74, 6) is 0.840. The molecule has 1 aromatic heterocycles. The van der Waals surface area contributed by atoms with Crippen LogP contribution in [0.25, 0.3) is 0 Å². The molecule has 1 N–H and O–H groups in total. The Morgan fingerprint density at radius 2 is 2.00 bits per heavy atom. The van der Waals surface area contributed by atoms with Crippen molar-refractivity contribution in [3.8, 4) is 0 Å². The lowest BCUT2D eigenvalue weighted by atomic mass is 9.95. The lowest BCUT2D eigenvalue weighted by Gasteiger charge is -2.33. The number of hydrogen-bond donors (Lipinski definition) is 1. The molecule has 1 aliphatic heterocycles. The number of aromatic nitrogens is 2. The highest BCUT2D eigenvalue weighted by molar-refractivity contribution is 5.91. The van der Waals surface area contributed by atoms with E-state index in [-0.39, 0.29) is 5.91 Å². The molecule has 0 bridgehead atoms. The zero-order valence-electron chi connectivity index (χ0n) is 15.0. The highest BCUT2D eigenvalue weighted by Crippen LogP contribution is 2.27. The lowest BCUT2D eigenvalue weighted by molar-refractivity contribution is 0.0955. The third-order valence-electron chi connectivity index (χ3n) is 5.75. The molecule has 1 atom stereocenters. The number of likely N-dealkylation sites (tertiary alicyclic amines) is 1. The fourth-order valence-electron chi connectivity index (χ4n) is 4.26. The fourth-order valence-corrected chi connectivity index (χ4v) is 4.26. The zero-order valence-corrected chi connectivity index (χ0v) is 15.0. The predicted octanol–water partition coefficient (Wildman–Crippen LogP) is 3.24. The molecule has 5 nitrogen and oxygen atoms in total. The number of amides is 1. The van der Waals surface area contributed by atoms with Crippen LogP contribution in [0.15, 0.2) is 12.3 Å². The second kappa shape index (κ2) is 8.65. The van der Waals surface area contributed by atoms with E-state index in [1.807, 2.05) is 16.9 Å². The van der Waals surface area contributed by atoms with Crippen LogP contribution in [-0.2, 0) is 0 Å². The highest BCUT2D eigenvalue weighted by atomic mass is 16.1. The van der Waals surface area contributed by atoms with Crippen LogP contribution in [0.2, 0.25) is 0 Å². The maximum Gasteiger partial charge on any atom is 0.271 e. The Kier molecular flexibility index (Phi) is 6.30. The molecule has 1 saturated heterocycles. The van der Waals surface area contributed by atoms with Gasteiger partial charge in [0.05, 0.1) is 6.04 Å². The first-order valence-corrected chi connectivity index (χ1v) is 9.76. The molecule has 1 unspecified atom stereocenters. The van der Waals surface area contributed by atoms with E-state index in [1.165, 1.54) is 64.5 Å². The highest BCUT2D eigenvalue weighted by Gasteiger charge is 2.23.